The van der Waals surface area contributed by atoms with Gasteiger partial charge in [-0.3, -0.25) is 10.4 Å². The summed E-state index contributed by atoms with van der Waals surface area (Å²) in [5.41, 5.74) is 1.18. The van der Waals surface area contributed by atoms with Crippen molar-refractivity contribution in [2.24, 2.45) is 4.99 Å². The van der Waals surface area contributed by atoms with E-state index in [-0.39, 0.29) is 34.4 Å². The third kappa shape index (κ3) is 3.66. The predicted octanol–water partition coefficient (Wildman–Crippen LogP) is 4.73. The third-order valence-electron chi connectivity index (χ3n) is 4.35. The van der Waals surface area contributed by atoms with E-state index in [2.05, 4.69) is 16.9 Å². The number of benzene rings is 1. The normalized spacial score (nSPS) is 20.8. The molecule has 2 aliphatic rings. The van der Waals surface area contributed by atoms with Crippen LogP contribution in [-0.2, 0) is 0 Å². The van der Waals surface area contributed by atoms with E-state index >= 15 is 0 Å². The van der Waals surface area contributed by atoms with E-state index in [0.29, 0.717) is 28.3 Å². The van der Waals surface area contributed by atoms with Crippen molar-refractivity contribution in [2.75, 3.05) is 14.2 Å². The number of halogens is 4. The average Bonchev–Trinajstić information content (AvgIpc) is 2.58. The number of methoxy groups -OCH3 is 2. The summed E-state index contributed by atoms with van der Waals surface area (Å²) in [5.74, 6) is -1.86. The van der Waals surface area contributed by atoms with Crippen molar-refractivity contribution in [1.82, 2.24) is 5.32 Å². The van der Waals surface area contributed by atoms with Gasteiger partial charge in [-0.05, 0) is 11.6 Å². The molecule has 0 saturated heterocycles. The van der Waals surface area contributed by atoms with E-state index in [1.165, 1.54) is 14.2 Å². The summed E-state index contributed by atoms with van der Waals surface area (Å²) >= 11 is 12.8. The molecule has 144 valence electrons. The molecular weight excluding hydrogens is 399 g/mol. The molecule has 1 aliphatic carbocycles. The zero-order valence-electron chi connectivity index (χ0n) is 14.6. The first-order valence-electron chi connectivity index (χ1n) is 7.99. The topological polar surface area (TPSA) is 66.7 Å². The van der Waals surface area contributed by atoms with Gasteiger partial charge in [-0.2, -0.15) is 0 Å². The van der Waals surface area contributed by atoms with Crippen LogP contribution in [0.3, 0.4) is 0 Å². The van der Waals surface area contributed by atoms with E-state index in [1.54, 1.807) is 12.1 Å². The van der Waals surface area contributed by atoms with Crippen LogP contribution < -0.4 is 14.8 Å². The number of ether oxygens (including phenoxy) is 2. The van der Waals surface area contributed by atoms with Gasteiger partial charge in [-0.25, -0.2) is 8.78 Å². The molecule has 1 aromatic carbocycles. The van der Waals surface area contributed by atoms with Crippen LogP contribution in [-0.4, -0.2) is 37.7 Å². The smallest absolute Gasteiger partial charge is 0.252 e. The summed E-state index contributed by atoms with van der Waals surface area (Å²) in [7, 11) is 2.92. The van der Waals surface area contributed by atoms with E-state index in [9.17, 15) is 8.78 Å². The second kappa shape index (κ2) is 7.13. The van der Waals surface area contributed by atoms with Crippen molar-refractivity contribution in [3.05, 3.63) is 39.9 Å². The van der Waals surface area contributed by atoms with Gasteiger partial charge >= 0.3 is 0 Å². The zero-order valence-corrected chi connectivity index (χ0v) is 16.1. The molecule has 0 spiro atoms. The third-order valence-corrected chi connectivity index (χ3v) is 5.10. The van der Waals surface area contributed by atoms with Crippen molar-refractivity contribution in [3.63, 3.8) is 0 Å². The summed E-state index contributed by atoms with van der Waals surface area (Å²) in [6, 6.07) is 1.00. The quantitative estimate of drug-likeness (QED) is 0.746. The van der Waals surface area contributed by atoms with E-state index < -0.39 is 12.0 Å². The number of allylic oxidation sites excluding steroid dienone is 1. The van der Waals surface area contributed by atoms with Gasteiger partial charge in [0.2, 0.25) is 0 Å². The molecule has 1 aromatic rings. The maximum atomic E-state index is 13.1. The van der Waals surface area contributed by atoms with Crippen LogP contribution in [0.4, 0.5) is 8.78 Å². The molecule has 0 bridgehead atoms. The number of nitrogens with zero attached hydrogens (tertiary/aromatic N) is 1. The molecule has 0 aromatic heterocycles. The first-order chi connectivity index (χ1) is 12.7. The van der Waals surface area contributed by atoms with Gasteiger partial charge < -0.3 is 14.8 Å². The Morgan fingerprint density at radius 3 is 2.26 bits per heavy atom. The molecule has 27 heavy (non-hydrogen) atoms. The van der Waals surface area contributed by atoms with Crippen molar-refractivity contribution in [2.45, 2.75) is 24.8 Å². The van der Waals surface area contributed by atoms with Crippen molar-refractivity contribution >= 4 is 40.4 Å². The highest BCUT2D eigenvalue weighted by atomic mass is 35.5. The Kier molecular flexibility index (Phi) is 5.18. The van der Waals surface area contributed by atoms with Gasteiger partial charge in [-0.1, -0.05) is 29.8 Å². The number of hydrogen-bond acceptors (Lipinski definition) is 4. The molecular formula is C18H17Cl2F2N3O2. The summed E-state index contributed by atoms with van der Waals surface area (Å²) in [6.07, 6.45) is 0.902. The standard InChI is InChI=1S/C18H17Cl2F2N3O2/c1-8-4-10(13-14(19)11(26-2)5-12(27-3)15(13)20)25-17(16(8)23)24-9-6-18(21,22)7-9/h4-5,9,23H,1,6-7H2,2-3H3,(H,24,25). The number of aliphatic imine (C=N–C) groups is 1. The second-order valence-corrected chi connectivity index (χ2v) is 7.02. The Labute approximate surface area is 165 Å². The van der Waals surface area contributed by atoms with Crippen LogP contribution in [0.5, 0.6) is 11.5 Å². The molecule has 9 heteroatoms. The number of amidine groups is 1. The van der Waals surface area contributed by atoms with Crippen LogP contribution in [0.2, 0.25) is 10.0 Å². The van der Waals surface area contributed by atoms with Gasteiger partial charge in [-0.15, -0.1) is 0 Å². The highest BCUT2D eigenvalue weighted by Crippen LogP contribution is 2.44. The van der Waals surface area contributed by atoms with Crippen LogP contribution in [0.25, 0.3) is 5.70 Å². The van der Waals surface area contributed by atoms with E-state index in [4.69, 9.17) is 38.1 Å². The van der Waals surface area contributed by atoms with Gasteiger partial charge in [0.1, 0.15) is 17.2 Å². The molecule has 0 unspecified atom stereocenters. The minimum atomic E-state index is -2.70. The Hall–Kier alpha value is -2.12. The van der Waals surface area contributed by atoms with Crippen LogP contribution in [0, 0.1) is 5.41 Å². The molecule has 5 nitrogen and oxygen atoms in total. The Morgan fingerprint density at radius 2 is 1.78 bits per heavy atom. The largest absolute Gasteiger partial charge is 0.495 e. The highest BCUT2D eigenvalue weighted by Gasteiger charge is 2.45. The van der Waals surface area contributed by atoms with Gasteiger partial charge in [0.05, 0.1) is 36.0 Å². The molecule has 0 atom stereocenters. The molecule has 1 saturated carbocycles. The van der Waals surface area contributed by atoms with Gasteiger partial charge in [0, 0.05) is 24.5 Å². The Bertz CT molecular complexity index is 861. The summed E-state index contributed by atoms with van der Waals surface area (Å²) in [6.45, 7) is 3.83. The minimum Gasteiger partial charge on any atom is -0.495 e. The molecule has 2 N–H and O–H groups in total. The number of rotatable bonds is 4. The lowest BCUT2D eigenvalue weighted by molar-refractivity contribution is -0.0834. The van der Waals surface area contributed by atoms with Crippen LogP contribution in [0.15, 0.2) is 29.3 Å². The second-order valence-electron chi connectivity index (χ2n) is 6.26. The maximum absolute atomic E-state index is 13.1. The van der Waals surface area contributed by atoms with Crippen LogP contribution in [0.1, 0.15) is 18.4 Å². The molecule has 1 heterocycles. The fourth-order valence-electron chi connectivity index (χ4n) is 2.88. The lowest BCUT2D eigenvalue weighted by Gasteiger charge is -2.33. The monoisotopic (exact) mass is 415 g/mol. The SMILES string of the molecule is C=C1C=C(c2c(Cl)c(OC)cc(OC)c2Cl)NC(=NC2CC(F)(F)C2)C1=N. The van der Waals surface area contributed by atoms with Crippen LogP contribution >= 0.6 is 23.2 Å². The van der Waals surface area contributed by atoms with Crippen molar-refractivity contribution in [3.8, 4) is 11.5 Å². The minimum absolute atomic E-state index is 0.0241. The molecule has 1 aliphatic heterocycles. The molecule has 3 rings (SSSR count). The fourth-order valence-corrected chi connectivity index (χ4v) is 3.59. The van der Waals surface area contributed by atoms with Gasteiger partial charge in [0.15, 0.2) is 5.84 Å². The first kappa shape index (κ1) is 19.6. The summed E-state index contributed by atoms with van der Waals surface area (Å²) < 4.78 is 36.7. The zero-order chi connectivity index (χ0) is 19.9. The summed E-state index contributed by atoms with van der Waals surface area (Å²) in [4.78, 5) is 4.24. The Balaban J connectivity index is 2.02. The van der Waals surface area contributed by atoms with Crippen molar-refractivity contribution in [1.29, 1.82) is 5.41 Å². The van der Waals surface area contributed by atoms with E-state index in [1.807, 2.05) is 0 Å². The molecule has 1 fully saturated rings. The molecule has 0 radical (unpaired) electrons. The lowest BCUT2D eigenvalue weighted by Crippen LogP contribution is -2.42. The average molecular weight is 416 g/mol. The van der Waals surface area contributed by atoms with Gasteiger partial charge in [0.25, 0.3) is 5.92 Å². The predicted molar refractivity (Wildman–Crippen MR) is 103 cm³/mol. The van der Waals surface area contributed by atoms with E-state index in [0.717, 1.165) is 0 Å². The highest BCUT2D eigenvalue weighted by molar-refractivity contribution is 6.50. The number of nitrogens with one attached hydrogen (secondary N) is 2. The summed E-state index contributed by atoms with van der Waals surface area (Å²) in [5, 5.41) is 11.5. The maximum Gasteiger partial charge on any atom is 0.252 e. The first-order valence-corrected chi connectivity index (χ1v) is 8.75. The molecule has 0 amide bonds. The van der Waals surface area contributed by atoms with Crippen molar-refractivity contribution < 1.29 is 18.3 Å². The number of hydrogen-bond donors (Lipinski definition) is 2. The number of alkyl halides is 2. The Morgan fingerprint density at radius 1 is 1.22 bits per heavy atom. The lowest BCUT2D eigenvalue weighted by atomic mass is 9.88. The fraction of sp³-hybridized carbons (Fsp3) is 0.333.